The van der Waals surface area contributed by atoms with E-state index in [0.717, 1.165) is 0 Å². The second kappa shape index (κ2) is 48.7. The zero-order valence-electron chi connectivity index (χ0n) is 67.4. The molecule has 0 bridgehead atoms. The number of hydrogen-bond acceptors (Lipinski definition) is 21. The van der Waals surface area contributed by atoms with Gasteiger partial charge in [0.1, 0.15) is 78.0 Å². The van der Waals surface area contributed by atoms with Crippen molar-refractivity contribution in [2.75, 3.05) is 31.6 Å². The molecule has 13 atom stereocenters. The number of primary amides is 2. The maximum atomic E-state index is 15.1. The molecule has 0 unspecified atom stereocenters. The maximum absolute atomic E-state index is 15.1. The molecular weight excluding hydrogens is 1590 g/mol. The molecule has 13 amide bonds. The molecule has 1 aromatic heterocycles. The fourth-order valence-electron chi connectivity index (χ4n) is 13.3. The number of carbonyl (C=O) groups is 15. The largest absolute Gasteiger partial charge is 0.508 e. The standard InChI is InChI=1S/C80H111N21O19S/c1-4-43(2)66(76(117)98-57(37-44-13-6-5-7-14-44)71(112)99-61(39-46-22-26-49(103)27-23-46)77(118)101-35-12-19-62(101)75(116)94-56(78(119)120)18-11-34-89-80(86)87)100-74(115)58(38-45-20-24-48(102)25-21-45)96-73(114)60(41-64(83)105)97-70(111)55(32-36-121-3)93-69(110)54(29-31-65(106)107)91-68(109)53(28-30-63(82)104)92-72(113)59(40-47-42-90-52-17-9-8-15-50(47)52)95-67(108)51(81)16-10-33-88-79(84)85/h5-9,13-15,17,20-27,42-43,51,53-62,66,90,102-103H,4,10-12,16,18-19,28-41,81H2,1-3H3,(H2,82,104)(H2,83,105)(H,91,109)(H,92,113)(H,93,110)(H,94,116)(H,95,108)(H,96,114)(H,97,111)(H,98,117)(H,99,112)(H,100,115)(H,106,107)(H,119,120)(H4,84,85,88)(H4,86,87,89)/t43-,51-,53-,54-,55-,56-,57-,58-,59-,60-,61-,62-,66-/m0/s1. The highest BCUT2D eigenvalue weighted by atomic mass is 32.2. The molecule has 6 rings (SSSR count). The lowest BCUT2D eigenvalue weighted by molar-refractivity contribution is -0.145. The molecule has 1 aliphatic rings. The number of rotatable bonds is 51. The summed E-state index contributed by atoms with van der Waals surface area (Å²) >= 11 is 1.20. The topological polar surface area (TPSA) is 678 Å². The molecule has 121 heavy (non-hydrogen) atoms. The van der Waals surface area contributed by atoms with Gasteiger partial charge in [-0.15, -0.1) is 0 Å². The highest BCUT2D eigenvalue weighted by Gasteiger charge is 2.42. The van der Waals surface area contributed by atoms with Gasteiger partial charge < -0.3 is 123 Å². The molecule has 0 aliphatic carbocycles. The number of H-pyrrole nitrogens is 1. The Hall–Kier alpha value is -13.1. The Morgan fingerprint density at radius 2 is 0.959 bits per heavy atom. The van der Waals surface area contributed by atoms with Gasteiger partial charge in [-0.1, -0.05) is 93.1 Å². The number of phenols is 2. The van der Waals surface area contributed by atoms with Crippen LogP contribution in [0.3, 0.4) is 0 Å². The number of nitrogens with two attached hydrogens (primary N) is 5. The lowest BCUT2D eigenvalue weighted by Gasteiger charge is -2.31. The van der Waals surface area contributed by atoms with Crippen LogP contribution in [0.15, 0.2) is 109 Å². The number of carbonyl (C=O) groups excluding carboxylic acids is 13. The summed E-state index contributed by atoms with van der Waals surface area (Å²) in [7, 11) is 0. The number of amides is 13. The van der Waals surface area contributed by atoms with Crippen LogP contribution in [0.2, 0.25) is 0 Å². The molecule has 1 aliphatic heterocycles. The number of aromatic amines is 1. The molecule has 4 aromatic carbocycles. The Kier molecular flexibility index (Phi) is 39.0. The second-order valence-corrected chi connectivity index (χ2v) is 30.4. The first-order chi connectivity index (χ1) is 57.5. The van der Waals surface area contributed by atoms with Crippen molar-refractivity contribution in [1.82, 2.24) is 73.7 Å². The predicted octanol–water partition coefficient (Wildman–Crippen LogP) is -2.57. The second-order valence-electron chi connectivity index (χ2n) is 29.4. The third kappa shape index (κ3) is 32.3. The maximum Gasteiger partial charge on any atom is 0.326 e. The summed E-state index contributed by atoms with van der Waals surface area (Å²) < 4.78 is 0. The number of thioether (sulfide) groups is 1. The average molecular weight is 1700 g/mol. The van der Waals surface area contributed by atoms with Crippen molar-refractivity contribution in [3.8, 4) is 11.5 Å². The molecule has 5 aromatic rings. The smallest absolute Gasteiger partial charge is 0.326 e. The fourth-order valence-corrected chi connectivity index (χ4v) is 13.8. The van der Waals surface area contributed by atoms with Gasteiger partial charge in [-0.25, -0.2) is 4.79 Å². The summed E-state index contributed by atoms with van der Waals surface area (Å²) in [5.41, 5.74) is 30.7. The number of nitrogens with zero attached hydrogens (tertiary/aromatic N) is 1. The van der Waals surface area contributed by atoms with Crippen molar-refractivity contribution in [3.63, 3.8) is 0 Å². The number of carboxylic acid groups (broad SMARTS) is 2. The van der Waals surface area contributed by atoms with E-state index in [9.17, 15) is 78.0 Å². The summed E-state index contributed by atoms with van der Waals surface area (Å²) in [4.78, 5) is 215. The van der Waals surface area contributed by atoms with Crippen molar-refractivity contribution >= 4 is 123 Å². The number of phenolic OH excluding ortho intramolecular Hbond substituents is 2. The average Bonchev–Trinajstić information content (AvgIpc) is 1.69. The minimum absolute atomic E-state index is 0.0139. The van der Waals surface area contributed by atoms with E-state index in [1.54, 1.807) is 80.9 Å². The van der Waals surface area contributed by atoms with Crippen LogP contribution in [-0.4, -0.2) is 235 Å². The van der Waals surface area contributed by atoms with Crippen LogP contribution in [0.25, 0.3) is 10.9 Å². The summed E-state index contributed by atoms with van der Waals surface area (Å²) in [5.74, 6) is -17.4. The van der Waals surface area contributed by atoms with Gasteiger partial charge in [-0.3, -0.25) is 77.9 Å². The lowest BCUT2D eigenvalue weighted by Crippen LogP contribution is -2.62. The number of guanidine groups is 2. The Labute approximate surface area is 701 Å². The number of fused-ring (bicyclic) bond motifs is 1. The van der Waals surface area contributed by atoms with Crippen molar-refractivity contribution in [2.45, 2.75) is 196 Å². The Morgan fingerprint density at radius 3 is 1.49 bits per heavy atom. The highest BCUT2D eigenvalue weighted by molar-refractivity contribution is 7.98. The highest BCUT2D eigenvalue weighted by Crippen LogP contribution is 2.24. The van der Waals surface area contributed by atoms with Gasteiger partial charge >= 0.3 is 11.9 Å². The zero-order valence-corrected chi connectivity index (χ0v) is 68.2. The molecule has 2 heterocycles. The molecule has 1 saturated heterocycles. The van der Waals surface area contributed by atoms with Crippen LogP contribution in [0, 0.1) is 16.7 Å². The van der Waals surface area contributed by atoms with E-state index in [1.165, 1.54) is 65.2 Å². The molecule has 29 N–H and O–H groups in total. The van der Waals surface area contributed by atoms with Gasteiger partial charge in [0.2, 0.25) is 76.8 Å². The van der Waals surface area contributed by atoms with Gasteiger partial charge in [0, 0.05) is 75.3 Å². The molecule has 1 fully saturated rings. The van der Waals surface area contributed by atoms with E-state index in [1.807, 2.05) is 0 Å². The zero-order chi connectivity index (χ0) is 89.0. The number of carboxylic acids is 2. The molecule has 41 heteroatoms. The lowest BCUT2D eigenvalue weighted by atomic mass is 9.96. The van der Waals surface area contributed by atoms with E-state index in [2.05, 4.69) is 68.8 Å². The van der Waals surface area contributed by atoms with E-state index in [4.69, 9.17) is 39.5 Å². The van der Waals surface area contributed by atoms with Crippen molar-refractivity contribution < 1.29 is 92.3 Å². The van der Waals surface area contributed by atoms with Crippen LogP contribution >= 0.6 is 11.8 Å². The van der Waals surface area contributed by atoms with E-state index in [0.29, 0.717) is 39.6 Å². The molecular formula is C80H111N21O19S. The van der Waals surface area contributed by atoms with Crippen molar-refractivity contribution in [2.24, 2.45) is 34.6 Å². The summed E-state index contributed by atoms with van der Waals surface area (Å²) in [6, 6.07) is 7.89. The number of benzene rings is 4. The number of nitrogens with one attached hydrogen (secondary N) is 15. The Bertz CT molecular complexity index is 4450. The van der Waals surface area contributed by atoms with Crippen molar-refractivity contribution in [1.29, 1.82) is 10.8 Å². The monoisotopic (exact) mass is 1700 g/mol. The Morgan fingerprint density at radius 1 is 0.504 bits per heavy atom. The predicted molar refractivity (Wildman–Crippen MR) is 445 cm³/mol. The Balaban J connectivity index is 1.25. The number of aromatic hydroxyl groups is 2. The van der Waals surface area contributed by atoms with Crippen LogP contribution in [0.4, 0.5) is 0 Å². The molecule has 40 nitrogen and oxygen atoms in total. The van der Waals surface area contributed by atoms with Crippen LogP contribution in [-0.2, 0) is 97.6 Å². The van der Waals surface area contributed by atoms with Crippen LogP contribution in [0.1, 0.15) is 120 Å². The quantitative estimate of drug-likeness (QED) is 0.0108. The van der Waals surface area contributed by atoms with Gasteiger partial charge in [-0.2, -0.15) is 11.8 Å². The SMILES string of the molecule is CC[C@H](C)[C@H](NC(=O)[C@H](Cc1ccc(O)cc1)NC(=O)[C@H](CC(N)=O)NC(=O)[C@H](CCSC)NC(=O)[C@H](CCC(=O)O)NC(=O)[C@H](CCC(N)=O)NC(=O)[C@H](Cc1c[nH]c2ccccc12)NC(=O)[C@@H](N)CCCNC(=N)N)C(=O)N[C@@H](Cc1ccccc1)C(=O)N[C@@H](Cc1ccc(O)cc1)C(=O)N1CCC[C@H]1C(=O)N[C@@H](CCCNC(=N)N)C(=O)O. The van der Waals surface area contributed by atoms with Gasteiger partial charge in [0.05, 0.1) is 12.5 Å². The first-order valence-electron chi connectivity index (χ1n) is 39.4. The number of aliphatic carboxylic acids is 2. The number of para-hydroxylation sites is 1. The number of hydrogen-bond donors (Lipinski definition) is 24. The van der Waals surface area contributed by atoms with Crippen LogP contribution in [0.5, 0.6) is 11.5 Å². The van der Waals surface area contributed by atoms with Crippen molar-refractivity contribution in [3.05, 3.63) is 132 Å². The molecule has 0 spiro atoms. The number of aromatic nitrogens is 1. The minimum Gasteiger partial charge on any atom is -0.508 e. The van der Waals surface area contributed by atoms with Gasteiger partial charge in [0.25, 0.3) is 0 Å². The third-order valence-electron chi connectivity index (χ3n) is 20.1. The van der Waals surface area contributed by atoms with Gasteiger partial charge in [0.15, 0.2) is 11.9 Å². The summed E-state index contributed by atoms with van der Waals surface area (Å²) in [6.07, 6.45) is -0.296. The van der Waals surface area contributed by atoms with Gasteiger partial charge in [-0.05, 0) is 128 Å². The third-order valence-corrected chi connectivity index (χ3v) is 20.7. The fraction of sp³-hybridized carbons (Fsp3) is 0.463. The number of likely N-dealkylation sites (tertiary alicyclic amines) is 1. The normalized spacial score (nSPS) is 15.3. The first kappa shape index (κ1) is 96.8. The van der Waals surface area contributed by atoms with E-state index < -0.39 is 206 Å². The molecule has 0 saturated carbocycles. The first-order valence-corrected chi connectivity index (χ1v) is 40.8. The molecule has 656 valence electrons. The molecule has 0 radical (unpaired) electrons. The minimum atomic E-state index is -1.95. The summed E-state index contributed by atoms with van der Waals surface area (Å²) in [5, 5.41) is 86.9. The van der Waals surface area contributed by atoms with Crippen LogP contribution < -0.4 is 92.5 Å². The van der Waals surface area contributed by atoms with E-state index >= 15 is 14.4 Å². The van der Waals surface area contributed by atoms with E-state index in [-0.39, 0.29) is 113 Å². The summed E-state index contributed by atoms with van der Waals surface area (Å²) in [6.45, 7) is 3.65.